The second-order valence-corrected chi connectivity index (χ2v) is 4.60. The predicted molar refractivity (Wildman–Crippen MR) is 64.2 cm³/mol. The van der Waals surface area contributed by atoms with Gasteiger partial charge in [-0.2, -0.15) is 5.10 Å². The van der Waals surface area contributed by atoms with Gasteiger partial charge in [-0.1, -0.05) is 25.7 Å². The van der Waals surface area contributed by atoms with Crippen molar-refractivity contribution >= 4 is 11.8 Å². The van der Waals surface area contributed by atoms with Crippen molar-refractivity contribution in [2.45, 2.75) is 38.6 Å². The van der Waals surface area contributed by atoms with Crippen molar-refractivity contribution in [3.63, 3.8) is 0 Å². The second-order valence-electron chi connectivity index (χ2n) is 4.60. The molecule has 0 amide bonds. The number of anilines is 1. The van der Waals surface area contributed by atoms with Crippen LogP contribution >= 0.6 is 0 Å². The maximum absolute atomic E-state index is 11.5. The lowest BCUT2D eigenvalue weighted by molar-refractivity contribution is -0.144. The number of carbonyl (C=O) groups is 1. The van der Waals surface area contributed by atoms with E-state index in [1.165, 1.54) is 30.4 Å². The molecular weight excluding hydrogens is 218 g/mol. The molecule has 1 aliphatic carbocycles. The van der Waals surface area contributed by atoms with Crippen LogP contribution in [0.3, 0.4) is 0 Å². The molecule has 0 atom stereocenters. The first kappa shape index (κ1) is 12.0. The summed E-state index contributed by atoms with van der Waals surface area (Å²) >= 11 is 0. The van der Waals surface area contributed by atoms with Gasteiger partial charge < -0.3 is 10.5 Å². The Morgan fingerprint density at radius 2 is 2.29 bits per heavy atom. The third-order valence-electron chi connectivity index (χ3n) is 3.22. The minimum absolute atomic E-state index is 0.141. The van der Waals surface area contributed by atoms with E-state index in [0.29, 0.717) is 12.4 Å². The van der Waals surface area contributed by atoms with Crippen LogP contribution in [0.1, 0.15) is 32.1 Å². The Bertz CT molecular complexity index is 370. The van der Waals surface area contributed by atoms with Crippen molar-refractivity contribution in [3.8, 4) is 0 Å². The van der Waals surface area contributed by atoms with E-state index in [9.17, 15) is 4.79 Å². The molecular formula is C12H19N3O2. The second kappa shape index (κ2) is 5.70. The van der Waals surface area contributed by atoms with Crippen molar-refractivity contribution in [2.24, 2.45) is 5.92 Å². The minimum atomic E-state index is -0.244. The van der Waals surface area contributed by atoms with Crippen LogP contribution in [0.4, 0.5) is 5.82 Å². The van der Waals surface area contributed by atoms with E-state index in [0.717, 1.165) is 12.3 Å². The number of esters is 1. The maximum Gasteiger partial charge on any atom is 0.327 e. The monoisotopic (exact) mass is 237 g/mol. The first-order valence-corrected chi connectivity index (χ1v) is 6.18. The highest BCUT2D eigenvalue weighted by atomic mass is 16.5. The summed E-state index contributed by atoms with van der Waals surface area (Å²) in [6.45, 7) is 0.669. The molecule has 1 fully saturated rings. The Morgan fingerprint density at radius 3 is 2.94 bits per heavy atom. The lowest BCUT2D eigenvalue weighted by Crippen LogP contribution is -2.15. The molecule has 5 nitrogen and oxygen atoms in total. The van der Waals surface area contributed by atoms with Crippen molar-refractivity contribution < 1.29 is 9.53 Å². The summed E-state index contributed by atoms with van der Waals surface area (Å²) in [5.41, 5.74) is 5.45. The van der Waals surface area contributed by atoms with Gasteiger partial charge in [0.2, 0.25) is 0 Å². The van der Waals surface area contributed by atoms with Gasteiger partial charge in [-0.15, -0.1) is 0 Å². The molecule has 0 bridgehead atoms. The third-order valence-corrected chi connectivity index (χ3v) is 3.22. The van der Waals surface area contributed by atoms with Gasteiger partial charge in [0.05, 0.1) is 6.61 Å². The van der Waals surface area contributed by atoms with Crippen LogP contribution in [-0.2, 0) is 16.1 Å². The molecule has 1 aromatic rings. The highest BCUT2D eigenvalue weighted by Gasteiger charge is 2.15. The van der Waals surface area contributed by atoms with Gasteiger partial charge in [0.25, 0.3) is 0 Å². The number of aromatic nitrogens is 2. The molecule has 0 saturated heterocycles. The highest BCUT2D eigenvalue weighted by Crippen LogP contribution is 2.27. The van der Waals surface area contributed by atoms with Crippen LogP contribution in [0, 0.1) is 5.92 Å². The number of nitrogen functional groups attached to an aromatic ring is 1. The molecule has 0 spiro atoms. The maximum atomic E-state index is 11.5. The van der Waals surface area contributed by atoms with E-state index in [4.69, 9.17) is 10.5 Å². The van der Waals surface area contributed by atoms with Gasteiger partial charge >= 0.3 is 5.97 Å². The van der Waals surface area contributed by atoms with Gasteiger partial charge in [0.1, 0.15) is 12.4 Å². The molecule has 0 unspecified atom stereocenters. The fourth-order valence-corrected chi connectivity index (χ4v) is 2.28. The summed E-state index contributed by atoms with van der Waals surface area (Å²) in [5, 5.41) is 3.93. The SMILES string of the molecule is Nc1ccn(CC(=O)OCCC2CCCC2)n1. The molecule has 1 saturated carbocycles. The van der Waals surface area contributed by atoms with E-state index in [1.54, 1.807) is 12.3 Å². The quantitative estimate of drug-likeness (QED) is 0.789. The number of ether oxygens (including phenoxy) is 1. The fraction of sp³-hybridized carbons (Fsp3) is 0.667. The van der Waals surface area contributed by atoms with Crippen LogP contribution in [0.25, 0.3) is 0 Å². The van der Waals surface area contributed by atoms with Crippen molar-refractivity contribution in [2.75, 3.05) is 12.3 Å². The van der Waals surface area contributed by atoms with Crippen LogP contribution < -0.4 is 5.73 Å². The summed E-state index contributed by atoms with van der Waals surface area (Å²) in [6, 6.07) is 1.66. The van der Waals surface area contributed by atoms with E-state index < -0.39 is 0 Å². The van der Waals surface area contributed by atoms with Gasteiger partial charge in [-0.05, 0) is 18.4 Å². The number of nitrogens with zero attached hydrogens (tertiary/aromatic N) is 2. The van der Waals surface area contributed by atoms with Crippen LogP contribution in [0.2, 0.25) is 0 Å². The summed E-state index contributed by atoms with van der Waals surface area (Å²) in [4.78, 5) is 11.5. The molecule has 1 aliphatic rings. The predicted octanol–water partition coefficient (Wildman–Crippen LogP) is 1.59. The molecule has 2 N–H and O–H groups in total. The summed E-state index contributed by atoms with van der Waals surface area (Å²) in [6.07, 6.45) is 7.89. The standard InChI is InChI=1S/C12H19N3O2/c13-11-5-7-15(14-11)9-12(16)17-8-6-10-3-1-2-4-10/h5,7,10H,1-4,6,8-9H2,(H2,13,14). The van der Waals surface area contributed by atoms with Crippen molar-refractivity contribution in [1.29, 1.82) is 0 Å². The molecule has 0 aromatic carbocycles. The van der Waals surface area contributed by atoms with Crippen LogP contribution in [0.15, 0.2) is 12.3 Å². The molecule has 1 heterocycles. The van der Waals surface area contributed by atoms with Crippen molar-refractivity contribution in [3.05, 3.63) is 12.3 Å². The average molecular weight is 237 g/mol. The molecule has 1 aromatic heterocycles. The molecule has 17 heavy (non-hydrogen) atoms. The van der Waals surface area contributed by atoms with E-state index in [2.05, 4.69) is 5.10 Å². The topological polar surface area (TPSA) is 70.1 Å². The van der Waals surface area contributed by atoms with Crippen LogP contribution in [0.5, 0.6) is 0 Å². The fourth-order valence-electron chi connectivity index (χ4n) is 2.28. The Kier molecular flexibility index (Phi) is 4.01. The number of hydrogen-bond acceptors (Lipinski definition) is 4. The Morgan fingerprint density at radius 1 is 1.53 bits per heavy atom. The molecule has 0 aliphatic heterocycles. The molecule has 2 rings (SSSR count). The normalized spacial score (nSPS) is 16.2. The van der Waals surface area contributed by atoms with Crippen molar-refractivity contribution in [1.82, 2.24) is 9.78 Å². The Hall–Kier alpha value is -1.52. The first-order valence-electron chi connectivity index (χ1n) is 6.18. The number of nitrogens with two attached hydrogens (primary N) is 1. The first-order chi connectivity index (χ1) is 8.24. The number of carbonyl (C=O) groups excluding carboxylic acids is 1. The van der Waals surface area contributed by atoms with Gasteiger partial charge in [0.15, 0.2) is 0 Å². The zero-order valence-electron chi connectivity index (χ0n) is 9.97. The summed E-state index contributed by atoms with van der Waals surface area (Å²) in [7, 11) is 0. The zero-order chi connectivity index (χ0) is 12.1. The third kappa shape index (κ3) is 3.76. The average Bonchev–Trinajstić information content (AvgIpc) is 2.90. The zero-order valence-corrected chi connectivity index (χ0v) is 9.97. The van der Waals surface area contributed by atoms with E-state index in [-0.39, 0.29) is 12.5 Å². The Balaban J connectivity index is 1.63. The Labute approximate surface area is 101 Å². The molecule has 0 radical (unpaired) electrons. The lowest BCUT2D eigenvalue weighted by Gasteiger charge is -2.09. The van der Waals surface area contributed by atoms with Gasteiger partial charge in [-0.25, -0.2) is 0 Å². The molecule has 94 valence electrons. The highest BCUT2D eigenvalue weighted by molar-refractivity contribution is 5.69. The smallest absolute Gasteiger partial charge is 0.327 e. The number of hydrogen-bond donors (Lipinski definition) is 1. The summed E-state index contributed by atoms with van der Waals surface area (Å²) in [5.74, 6) is 0.929. The van der Waals surface area contributed by atoms with E-state index >= 15 is 0 Å². The number of rotatable bonds is 5. The van der Waals surface area contributed by atoms with E-state index in [1.807, 2.05) is 0 Å². The van der Waals surface area contributed by atoms with Gasteiger partial charge in [-0.3, -0.25) is 9.48 Å². The minimum Gasteiger partial charge on any atom is -0.464 e. The molecule has 5 heteroatoms. The lowest BCUT2D eigenvalue weighted by atomic mass is 10.1. The van der Waals surface area contributed by atoms with Gasteiger partial charge in [0, 0.05) is 6.20 Å². The largest absolute Gasteiger partial charge is 0.464 e. The summed E-state index contributed by atoms with van der Waals surface area (Å²) < 4.78 is 6.67. The van der Waals surface area contributed by atoms with Crippen LogP contribution in [-0.4, -0.2) is 22.4 Å².